The third kappa shape index (κ3) is 7.09. The number of nitrogens with zero attached hydrogens (tertiary/aromatic N) is 2. The van der Waals surface area contributed by atoms with E-state index in [0.717, 1.165) is 37.2 Å². The zero-order valence-corrected chi connectivity index (χ0v) is 33.4. The van der Waals surface area contributed by atoms with Crippen molar-refractivity contribution in [3.8, 4) is 0 Å². The molecule has 4 aromatic carbocycles. The van der Waals surface area contributed by atoms with Gasteiger partial charge in [-0.15, -0.1) is 0 Å². The quantitative estimate of drug-likeness (QED) is 0.0829. The van der Waals surface area contributed by atoms with Crippen LogP contribution in [0.25, 0.3) is 21.5 Å². The van der Waals surface area contributed by atoms with Crippen molar-refractivity contribution in [2.45, 2.75) is 97.4 Å². The van der Waals surface area contributed by atoms with Crippen molar-refractivity contribution in [3.63, 3.8) is 0 Å². The number of allylic oxidation sites excluding steroid dienone is 4. The van der Waals surface area contributed by atoms with Crippen LogP contribution in [0.4, 0.5) is 11.4 Å². The van der Waals surface area contributed by atoms with Gasteiger partial charge in [-0.2, -0.15) is 4.58 Å². The van der Waals surface area contributed by atoms with E-state index in [1.807, 2.05) is 13.8 Å². The average Bonchev–Trinajstić information content (AvgIpc) is 3.48. The number of rotatable bonds is 13. The molecule has 0 aromatic heterocycles. The number of fused-ring (bicyclic) bond motifs is 6. The van der Waals surface area contributed by atoms with E-state index >= 15 is 0 Å². The van der Waals surface area contributed by atoms with Crippen molar-refractivity contribution in [1.82, 2.24) is 0 Å². The number of anilines is 1. The number of ether oxygens (including phenoxy) is 2. The van der Waals surface area contributed by atoms with Gasteiger partial charge in [0.05, 0.1) is 18.6 Å². The molecule has 2 heterocycles. The Labute approximate surface area is 320 Å². The van der Waals surface area contributed by atoms with E-state index in [-0.39, 0.29) is 39.8 Å². The molecule has 2 aliphatic rings. The maximum Gasteiger partial charge on any atom is 0.329 e. The minimum atomic E-state index is -0.432. The lowest BCUT2D eigenvalue weighted by Crippen LogP contribution is -3.00. The number of esters is 2. The molecule has 0 spiro atoms. The first-order valence-corrected chi connectivity index (χ1v) is 18.8. The molecule has 6 nitrogen and oxygen atoms in total. The van der Waals surface area contributed by atoms with Gasteiger partial charge in [0.2, 0.25) is 5.69 Å². The van der Waals surface area contributed by atoms with Crippen LogP contribution in [0.15, 0.2) is 96.7 Å². The van der Waals surface area contributed by atoms with Crippen LogP contribution in [0.2, 0.25) is 0 Å². The molecule has 274 valence electrons. The van der Waals surface area contributed by atoms with E-state index in [1.165, 1.54) is 44.1 Å². The van der Waals surface area contributed by atoms with Crippen LogP contribution >= 0.6 is 0 Å². The number of carbonyl (C=O) groups is 2. The summed E-state index contributed by atoms with van der Waals surface area (Å²) in [5, 5.41) is 4.89. The first-order chi connectivity index (χ1) is 24.6. The van der Waals surface area contributed by atoms with Crippen molar-refractivity contribution >= 4 is 50.6 Å². The van der Waals surface area contributed by atoms with E-state index in [4.69, 9.17) is 9.47 Å². The Kier molecular flexibility index (Phi) is 12.1. The standard InChI is InChI=1S/C45H53N2O4.BrH/c1-8-18-37(43(49)51-10-3)47-36-29-27-32-20-12-14-22-34(32)42(36)45(6,7)39(47)24-17-23-38-44(4,5)41-33-21-13-11-19-31(33)26-28-35(41)46(38)30-16-15-25-40(48)50-9-2;/h11-14,17,19-24,26-29,37H,8-10,15-16,18,25,30H2,1-7H3;1H/q+1;/p-1. The van der Waals surface area contributed by atoms with Crippen molar-refractivity contribution in [3.05, 3.63) is 108 Å². The van der Waals surface area contributed by atoms with Crippen LogP contribution in [0.5, 0.6) is 0 Å². The number of halogens is 1. The fourth-order valence-electron chi connectivity index (χ4n) is 8.44. The van der Waals surface area contributed by atoms with Gasteiger partial charge < -0.3 is 31.4 Å². The number of hydrogen-bond acceptors (Lipinski definition) is 5. The molecule has 0 saturated heterocycles. The molecule has 0 radical (unpaired) electrons. The van der Waals surface area contributed by atoms with Gasteiger partial charge in [-0.05, 0) is 85.9 Å². The summed E-state index contributed by atoms with van der Waals surface area (Å²) in [7, 11) is 0. The Hall–Kier alpha value is -4.23. The van der Waals surface area contributed by atoms with Crippen molar-refractivity contribution in [1.29, 1.82) is 0 Å². The van der Waals surface area contributed by atoms with E-state index in [9.17, 15) is 9.59 Å². The summed E-state index contributed by atoms with van der Waals surface area (Å²) < 4.78 is 13.3. The van der Waals surface area contributed by atoms with Crippen LogP contribution in [0, 0.1) is 0 Å². The summed E-state index contributed by atoms with van der Waals surface area (Å²) >= 11 is 0. The zero-order valence-electron chi connectivity index (χ0n) is 31.8. The van der Waals surface area contributed by atoms with Crippen LogP contribution in [-0.4, -0.2) is 48.0 Å². The highest BCUT2D eigenvalue weighted by Crippen LogP contribution is 2.52. The molecule has 6 rings (SSSR count). The molecule has 0 fully saturated rings. The number of unbranched alkanes of at least 4 members (excludes halogenated alkanes) is 1. The van der Waals surface area contributed by atoms with Gasteiger partial charge in [0.15, 0.2) is 5.71 Å². The van der Waals surface area contributed by atoms with Gasteiger partial charge in [-0.1, -0.05) is 87.9 Å². The lowest BCUT2D eigenvalue weighted by Gasteiger charge is -2.32. The third-order valence-electron chi connectivity index (χ3n) is 10.7. The fraction of sp³-hybridized carbons (Fsp3) is 0.400. The van der Waals surface area contributed by atoms with Gasteiger partial charge in [0, 0.05) is 47.3 Å². The number of benzene rings is 4. The Morgan fingerprint density at radius 2 is 1.42 bits per heavy atom. The van der Waals surface area contributed by atoms with Gasteiger partial charge in [0.1, 0.15) is 12.6 Å². The lowest BCUT2D eigenvalue weighted by molar-refractivity contribution is -0.438. The summed E-state index contributed by atoms with van der Waals surface area (Å²) in [6, 6.07) is 25.6. The Bertz CT molecular complexity index is 2060. The molecule has 1 unspecified atom stereocenters. The first-order valence-electron chi connectivity index (χ1n) is 18.8. The molecule has 0 aliphatic carbocycles. The summed E-state index contributed by atoms with van der Waals surface area (Å²) in [6.07, 6.45) is 10.3. The van der Waals surface area contributed by atoms with Crippen LogP contribution in [-0.2, 0) is 29.9 Å². The molecule has 52 heavy (non-hydrogen) atoms. The molecule has 7 heteroatoms. The van der Waals surface area contributed by atoms with E-state index in [2.05, 4.69) is 135 Å². The second kappa shape index (κ2) is 16.2. The molecule has 0 saturated carbocycles. The van der Waals surface area contributed by atoms with Gasteiger partial charge in [-0.25, -0.2) is 4.79 Å². The first kappa shape index (κ1) is 39.0. The Morgan fingerprint density at radius 3 is 2.08 bits per heavy atom. The fourth-order valence-corrected chi connectivity index (χ4v) is 8.44. The largest absolute Gasteiger partial charge is 1.00 e. The predicted molar refractivity (Wildman–Crippen MR) is 209 cm³/mol. The molecule has 4 aromatic rings. The summed E-state index contributed by atoms with van der Waals surface area (Å²) in [5.74, 6) is -0.322. The SMILES string of the molecule is CCCC(C(=O)OCC)N1C(=CC=CC2=[N+](CCCCC(=O)OCC)c3ccc4ccccc4c3C2(C)C)C(C)(C)c2c1ccc1ccccc21.[Br-]. The highest BCUT2D eigenvalue weighted by Gasteiger charge is 2.47. The average molecular weight is 766 g/mol. The summed E-state index contributed by atoms with van der Waals surface area (Å²) in [5.41, 5.74) is 6.49. The van der Waals surface area contributed by atoms with E-state index in [0.29, 0.717) is 26.1 Å². The van der Waals surface area contributed by atoms with Crippen LogP contribution < -0.4 is 21.9 Å². The molecule has 0 bridgehead atoms. The monoisotopic (exact) mass is 764 g/mol. The molecular formula is C45H53BrN2O4. The second-order valence-corrected chi connectivity index (χ2v) is 14.7. The van der Waals surface area contributed by atoms with E-state index < -0.39 is 6.04 Å². The minimum Gasteiger partial charge on any atom is -1.00 e. The number of hydrogen-bond donors (Lipinski definition) is 0. The molecule has 2 aliphatic heterocycles. The molecule has 1 atom stereocenters. The normalized spacial score (nSPS) is 17.1. The highest BCUT2D eigenvalue weighted by atomic mass is 79.9. The maximum atomic E-state index is 13.6. The highest BCUT2D eigenvalue weighted by molar-refractivity contribution is 6.08. The van der Waals surface area contributed by atoms with Crippen molar-refractivity contribution in [2.75, 3.05) is 24.7 Å². The third-order valence-corrected chi connectivity index (χ3v) is 10.7. The summed E-state index contributed by atoms with van der Waals surface area (Å²) in [4.78, 5) is 28.0. The van der Waals surface area contributed by atoms with Crippen LogP contribution in [0.3, 0.4) is 0 Å². The van der Waals surface area contributed by atoms with Crippen molar-refractivity contribution < 1.29 is 40.6 Å². The van der Waals surface area contributed by atoms with Crippen molar-refractivity contribution in [2.24, 2.45) is 0 Å². The minimum absolute atomic E-state index is 0. The van der Waals surface area contributed by atoms with E-state index in [1.54, 1.807) is 0 Å². The smallest absolute Gasteiger partial charge is 0.329 e. The topological polar surface area (TPSA) is 58.8 Å². The molecular weight excluding hydrogens is 712 g/mol. The second-order valence-electron chi connectivity index (χ2n) is 14.7. The predicted octanol–water partition coefficient (Wildman–Crippen LogP) is 7.08. The Morgan fingerprint density at radius 1 is 0.788 bits per heavy atom. The van der Waals surface area contributed by atoms with Gasteiger partial charge >= 0.3 is 11.9 Å². The lowest BCUT2D eigenvalue weighted by atomic mass is 9.79. The van der Waals surface area contributed by atoms with Gasteiger partial charge in [0.25, 0.3) is 0 Å². The summed E-state index contributed by atoms with van der Waals surface area (Å²) in [6.45, 7) is 16.6. The maximum absolute atomic E-state index is 13.6. The molecule has 0 N–H and O–H groups in total. The number of carbonyl (C=O) groups excluding carboxylic acids is 2. The van der Waals surface area contributed by atoms with Crippen LogP contribution in [0.1, 0.15) is 91.7 Å². The van der Waals surface area contributed by atoms with Gasteiger partial charge in [-0.3, -0.25) is 4.79 Å². The zero-order chi connectivity index (χ0) is 36.3. The molecule has 0 amide bonds. The Balaban J connectivity index is 0.00000523.